The van der Waals surface area contributed by atoms with Crippen molar-refractivity contribution in [1.82, 2.24) is 24.9 Å². The molecule has 9 heteroatoms. The Labute approximate surface area is 118 Å². The fraction of sp³-hybridized carbons (Fsp3) is 0.545. The van der Waals surface area contributed by atoms with Crippen molar-refractivity contribution in [2.75, 3.05) is 7.05 Å². The van der Waals surface area contributed by atoms with Gasteiger partial charge < -0.3 is 0 Å². The van der Waals surface area contributed by atoms with Gasteiger partial charge >= 0.3 is 6.18 Å². The standard InChI is InChI=1S/C11H14F3N5S/c1-3-19-5-8(16-17-19)4-18(2)6-10-15-9(7-20-10)11(12,13)14/h5,7H,3-4,6H2,1-2H3. The first-order chi connectivity index (χ1) is 9.38. The van der Waals surface area contributed by atoms with Gasteiger partial charge in [0.2, 0.25) is 0 Å². The third-order valence-corrected chi connectivity index (χ3v) is 3.42. The van der Waals surface area contributed by atoms with Crippen LogP contribution in [0.15, 0.2) is 11.6 Å². The lowest BCUT2D eigenvalue weighted by molar-refractivity contribution is -0.140. The number of rotatable bonds is 5. The van der Waals surface area contributed by atoms with Crippen LogP contribution in [0, 0.1) is 0 Å². The van der Waals surface area contributed by atoms with E-state index in [2.05, 4.69) is 15.3 Å². The van der Waals surface area contributed by atoms with Crippen LogP contribution < -0.4 is 0 Å². The SMILES string of the molecule is CCn1cc(CN(C)Cc2nc(C(F)(F)F)cs2)nn1. The summed E-state index contributed by atoms with van der Waals surface area (Å²) in [5.74, 6) is 0. The van der Waals surface area contributed by atoms with Crippen LogP contribution in [-0.2, 0) is 25.8 Å². The second kappa shape index (κ2) is 5.88. The highest BCUT2D eigenvalue weighted by atomic mass is 32.1. The minimum Gasteiger partial charge on any atom is -0.294 e. The third-order valence-electron chi connectivity index (χ3n) is 2.59. The number of nitrogens with zero attached hydrogens (tertiary/aromatic N) is 5. The minimum atomic E-state index is -4.38. The average Bonchev–Trinajstić information content (AvgIpc) is 2.97. The van der Waals surface area contributed by atoms with Gasteiger partial charge in [-0.3, -0.25) is 9.58 Å². The number of halogens is 3. The van der Waals surface area contributed by atoms with Crippen molar-refractivity contribution in [2.24, 2.45) is 0 Å². The molecule has 2 heterocycles. The molecule has 0 bridgehead atoms. The molecule has 0 aromatic carbocycles. The lowest BCUT2D eigenvalue weighted by Crippen LogP contribution is -2.17. The molecule has 20 heavy (non-hydrogen) atoms. The van der Waals surface area contributed by atoms with Gasteiger partial charge in [0.1, 0.15) is 5.01 Å². The van der Waals surface area contributed by atoms with Gasteiger partial charge in [0, 0.05) is 24.7 Å². The van der Waals surface area contributed by atoms with Crippen molar-refractivity contribution in [2.45, 2.75) is 32.7 Å². The Bertz CT molecular complexity index is 562. The van der Waals surface area contributed by atoms with Crippen LogP contribution in [0.3, 0.4) is 0 Å². The maximum atomic E-state index is 12.4. The van der Waals surface area contributed by atoms with Crippen LogP contribution in [0.1, 0.15) is 23.3 Å². The molecule has 0 amide bonds. The summed E-state index contributed by atoms with van der Waals surface area (Å²) in [6.07, 6.45) is -2.56. The smallest absolute Gasteiger partial charge is 0.294 e. The molecule has 0 fully saturated rings. The summed E-state index contributed by atoms with van der Waals surface area (Å²) in [4.78, 5) is 5.45. The molecule has 0 unspecified atom stereocenters. The summed E-state index contributed by atoms with van der Waals surface area (Å²) in [6, 6.07) is 0. The zero-order valence-corrected chi connectivity index (χ0v) is 11.9. The van der Waals surface area contributed by atoms with E-state index in [0.29, 0.717) is 18.1 Å². The highest BCUT2D eigenvalue weighted by Crippen LogP contribution is 2.30. The molecule has 2 aromatic heterocycles. The van der Waals surface area contributed by atoms with Crippen molar-refractivity contribution in [3.8, 4) is 0 Å². The molecule has 0 aliphatic carbocycles. The summed E-state index contributed by atoms with van der Waals surface area (Å²) in [5.41, 5.74) is -0.0511. The third kappa shape index (κ3) is 3.76. The molecule has 0 N–H and O–H groups in total. The molecule has 0 aliphatic rings. The second-order valence-corrected chi connectivity index (χ2v) is 5.30. The topological polar surface area (TPSA) is 46.8 Å². The molecule has 2 aromatic rings. The minimum absolute atomic E-state index is 0.347. The zero-order valence-electron chi connectivity index (χ0n) is 11.1. The number of aromatic nitrogens is 4. The molecule has 5 nitrogen and oxygen atoms in total. The van der Waals surface area contributed by atoms with E-state index < -0.39 is 11.9 Å². The van der Waals surface area contributed by atoms with Crippen molar-refractivity contribution >= 4 is 11.3 Å². The van der Waals surface area contributed by atoms with Gasteiger partial charge in [0.25, 0.3) is 0 Å². The van der Waals surface area contributed by atoms with Gasteiger partial charge in [-0.15, -0.1) is 16.4 Å². The van der Waals surface area contributed by atoms with Gasteiger partial charge in [0.05, 0.1) is 12.2 Å². The van der Waals surface area contributed by atoms with Gasteiger partial charge in [-0.2, -0.15) is 13.2 Å². The molecule has 0 spiro atoms. The van der Waals surface area contributed by atoms with Gasteiger partial charge in [-0.25, -0.2) is 4.98 Å². The Morgan fingerprint density at radius 3 is 2.65 bits per heavy atom. The molecular weight excluding hydrogens is 291 g/mol. The quantitative estimate of drug-likeness (QED) is 0.851. The first-order valence-corrected chi connectivity index (χ1v) is 6.85. The molecular formula is C11H14F3N5S. The Morgan fingerprint density at radius 1 is 1.35 bits per heavy atom. The Morgan fingerprint density at radius 2 is 2.10 bits per heavy atom. The maximum absolute atomic E-state index is 12.4. The van der Waals surface area contributed by atoms with E-state index in [4.69, 9.17) is 0 Å². The lowest BCUT2D eigenvalue weighted by Gasteiger charge is -2.12. The van der Waals surface area contributed by atoms with Crippen molar-refractivity contribution in [1.29, 1.82) is 0 Å². The van der Waals surface area contributed by atoms with Gasteiger partial charge in [-0.05, 0) is 14.0 Å². The summed E-state index contributed by atoms with van der Waals surface area (Å²) in [6.45, 7) is 3.55. The van der Waals surface area contributed by atoms with Crippen molar-refractivity contribution < 1.29 is 13.2 Å². The van der Waals surface area contributed by atoms with Crippen LogP contribution in [-0.4, -0.2) is 31.9 Å². The van der Waals surface area contributed by atoms with Crippen LogP contribution in [0.25, 0.3) is 0 Å². The monoisotopic (exact) mass is 305 g/mol. The Kier molecular flexibility index (Phi) is 4.39. The highest BCUT2D eigenvalue weighted by Gasteiger charge is 2.33. The first-order valence-electron chi connectivity index (χ1n) is 5.97. The second-order valence-electron chi connectivity index (χ2n) is 4.36. The summed E-state index contributed by atoms with van der Waals surface area (Å²) in [5, 5.41) is 9.37. The predicted octanol–water partition coefficient (Wildman–Crippen LogP) is 2.41. The molecule has 0 saturated carbocycles. The largest absolute Gasteiger partial charge is 0.434 e. The van der Waals surface area contributed by atoms with E-state index in [0.717, 1.165) is 29.0 Å². The molecule has 0 radical (unpaired) electrons. The van der Waals surface area contributed by atoms with Crippen molar-refractivity contribution in [3.05, 3.63) is 28.0 Å². The van der Waals surface area contributed by atoms with E-state index in [9.17, 15) is 13.2 Å². The lowest BCUT2D eigenvalue weighted by atomic mass is 10.4. The average molecular weight is 305 g/mol. The van der Waals surface area contributed by atoms with Crippen LogP contribution in [0.5, 0.6) is 0 Å². The highest BCUT2D eigenvalue weighted by molar-refractivity contribution is 7.09. The normalized spacial score (nSPS) is 12.3. The van der Waals surface area contributed by atoms with Gasteiger partial charge in [0.15, 0.2) is 5.69 Å². The molecule has 0 saturated heterocycles. The van der Waals surface area contributed by atoms with E-state index >= 15 is 0 Å². The molecule has 2 rings (SSSR count). The molecule has 0 aliphatic heterocycles. The van der Waals surface area contributed by atoms with E-state index in [1.165, 1.54) is 0 Å². The number of alkyl halides is 3. The Balaban J connectivity index is 1.94. The van der Waals surface area contributed by atoms with Gasteiger partial charge in [-0.1, -0.05) is 5.21 Å². The van der Waals surface area contributed by atoms with Crippen molar-refractivity contribution in [3.63, 3.8) is 0 Å². The van der Waals surface area contributed by atoms with Crippen LogP contribution >= 0.6 is 11.3 Å². The summed E-state index contributed by atoms with van der Waals surface area (Å²) >= 11 is 1.01. The number of hydrogen-bond donors (Lipinski definition) is 0. The van der Waals surface area contributed by atoms with Crippen LogP contribution in [0.2, 0.25) is 0 Å². The summed E-state index contributed by atoms with van der Waals surface area (Å²) in [7, 11) is 1.81. The predicted molar refractivity (Wildman–Crippen MR) is 68.0 cm³/mol. The zero-order chi connectivity index (χ0) is 14.8. The summed E-state index contributed by atoms with van der Waals surface area (Å²) < 4.78 is 39.0. The fourth-order valence-electron chi connectivity index (χ4n) is 1.64. The first kappa shape index (κ1) is 14.9. The Hall–Kier alpha value is -1.48. The van der Waals surface area contributed by atoms with E-state index in [1.807, 2.05) is 18.0 Å². The fourth-order valence-corrected chi connectivity index (χ4v) is 2.52. The number of thiazole rings is 1. The molecule has 0 atom stereocenters. The van der Waals surface area contributed by atoms with Crippen LogP contribution in [0.4, 0.5) is 13.2 Å². The number of hydrogen-bond acceptors (Lipinski definition) is 5. The molecule has 110 valence electrons. The number of aryl methyl sites for hydroxylation is 1. The van der Waals surface area contributed by atoms with E-state index in [1.54, 1.807) is 11.7 Å². The maximum Gasteiger partial charge on any atom is 0.434 e. The van der Waals surface area contributed by atoms with E-state index in [-0.39, 0.29) is 0 Å².